The van der Waals surface area contributed by atoms with E-state index < -0.39 is 0 Å². The number of thioether (sulfide) groups is 1. The number of phenols is 1. The number of aromatic hydroxyl groups is 1. The molecule has 152 valence electrons. The minimum absolute atomic E-state index is 0.0634. The molecule has 2 N–H and O–H groups in total. The summed E-state index contributed by atoms with van der Waals surface area (Å²) in [4.78, 5) is 12.3. The number of nitrogens with one attached hydrogen (secondary N) is 1. The van der Waals surface area contributed by atoms with Gasteiger partial charge in [-0.2, -0.15) is 0 Å². The molecule has 9 nitrogen and oxygen atoms in total. The maximum atomic E-state index is 12.3. The molecule has 1 amide bonds. The summed E-state index contributed by atoms with van der Waals surface area (Å²) < 4.78 is 21.3. The van der Waals surface area contributed by atoms with Crippen LogP contribution in [-0.4, -0.2) is 48.3 Å². The lowest BCUT2D eigenvalue weighted by atomic mass is 10.2. The van der Waals surface area contributed by atoms with Crippen LogP contribution in [0.1, 0.15) is 0 Å². The Bertz CT molecular complexity index is 965. The molecule has 0 unspecified atom stereocenters. The molecule has 0 aliphatic carbocycles. The van der Waals surface area contributed by atoms with Crippen LogP contribution in [0.15, 0.2) is 46.0 Å². The number of anilines is 1. The van der Waals surface area contributed by atoms with Crippen LogP contribution in [0, 0.1) is 0 Å². The van der Waals surface area contributed by atoms with Crippen molar-refractivity contribution in [2.75, 3.05) is 32.4 Å². The van der Waals surface area contributed by atoms with E-state index in [0.29, 0.717) is 34.4 Å². The number of amides is 1. The number of phenolic OH excluding ortho intramolecular Hbond substituents is 1. The fourth-order valence-corrected chi connectivity index (χ4v) is 3.03. The number of benzene rings is 2. The molecule has 2 aromatic carbocycles. The molecule has 3 aromatic rings. The average molecular weight is 417 g/mol. The van der Waals surface area contributed by atoms with Crippen LogP contribution in [0.4, 0.5) is 5.69 Å². The van der Waals surface area contributed by atoms with Gasteiger partial charge in [0.1, 0.15) is 5.75 Å². The maximum Gasteiger partial charge on any atom is 0.277 e. The summed E-state index contributed by atoms with van der Waals surface area (Å²) >= 11 is 1.11. The summed E-state index contributed by atoms with van der Waals surface area (Å²) in [6, 6.07) is 9.65. The van der Waals surface area contributed by atoms with Gasteiger partial charge in [0.2, 0.25) is 17.5 Å². The fraction of sp³-hybridized carbons (Fsp3) is 0.211. The Kier molecular flexibility index (Phi) is 6.45. The van der Waals surface area contributed by atoms with Gasteiger partial charge in [-0.05, 0) is 24.3 Å². The van der Waals surface area contributed by atoms with Crippen molar-refractivity contribution in [3.8, 4) is 34.5 Å². The lowest BCUT2D eigenvalue weighted by molar-refractivity contribution is -0.113. The van der Waals surface area contributed by atoms with E-state index in [0.717, 1.165) is 11.8 Å². The molecular formula is C19H19N3O6S. The van der Waals surface area contributed by atoms with E-state index in [1.807, 2.05) is 0 Å². The Morgan fingerprint density at radius 3 is 2.31 bits per heavy atom. The summed E-state index contributed by atoms with van der Waals surface area (Å²) in [7, 11) is 4.51. The largest absolute Gasteiger partial charge is 0.508 e. The van der Waals surface area contributed by atoms with Crippen molar-refractivity contribution in [3.05, 3.63) is 36.4 Å². The van der Waals surface area contributed by atoms with Gasteiger partial charge in [-0.3, -0.25) is 4.79 Å². The SMILES string of the molecule is COc1cc(NC(=O)CSc2nnc(-c3ccc(O)cc3)o2)cc(OC)c1OC. The maximum absolute atomic E-state index is 12.3. The van der Waals surface area contributed by atoms with Crippen molar-refractivity contribution in [1.82, 2.24) is 10.2 Å². The summed E-state index contributed by atoms with van der Waals surface area (Å²) in [6.07, 6.45) is 0. The Morgan fingerprint density at radius 1 is 1.07 bits per heavy atom. The molecule has 0 atom stereocenters. The molecule has 0 radical (unpaired) electrons. The summed E-state index contributed by atoms with van der Waals surface area (Å²) in [5, 5.41) is 20.2. The third-order valence-corrected chi connectivity index (χ3v) is 4.61. The third kappa shape index (κ3) is 4.91. The van der Waals surface area contributed by atoms with E-state index >= 15 is 0 Å². The molecule has 0 saturated carbocycles. The summed E-state index contributed by atoms with van der Waals surface area (Å²) in [5.74, 6) is 1.55. The van der Waals surface area contributed by atoms with E-state index in [9.17, 15) is 9.90 Å². The van der Waals surface area contributed by atoms with Crippen LogP contribution in [0.2, 0.25) is 0 Å². The predicted molar refractivity (Wildman–Crippen MR) is 107 cm³/mol. The van der Waals surface area contributed by atoms with Gasteiger partial charge < -0.3 is 29.1 Å². The molecular weight excluding hydrogens is 398 g/mol. The molecule has 10 heteroatoms. The van der Waals surface area contributed by atoms with Crippen LogP contribution in [0.25, 0.3) is 11.5 Å². The number of rotatable bonds is 8. The highest BCUT2D eigenvalue weighted by molar-refractivity contribution is 7.99. The number of aromatic nitrogens is 2. The van der Waals surface area contributed by atoms with Gasteiger partial charge in [-0.25, -0.2) is 0 Å². The number of ether oxygens (including phenoxy) is 3. The van der Waals surface area contributed by atoms with Gasteiger partial charge in [-0.15, -0.1) is 10.2 Å². The molecule has 0 spiro atoms. The second-order valence-corrected chi connectivity index (χ2v) is 6.60. The average Bonchev–Trinajstić information content (AvgIpc) is 3.21. The van der Waals surface area contributed by atoms with Crippen molar-refractivity contribution < 1.29 is 28.5 Å². The Labute approximate surface area is 171 Å². The van der Waals surface area contributed by atoms with Crippen LogP contribution in [0.3, 0.4) is 0 Å². The lowest BCUT2D eigenvalue weighted by Gasteiger charge is -2.14. The molecule has 29 heavy (non-hydrogen) atoms. The first kappa shape index (κ1) is 20.3. The van der Waals surface area contributed by atoms with Crippen molar-refractivity contribution in [1.29, 1.82) is 0 Å². The molecule has 0 bridgehead atoms. The highest BCUT2D eigenvalue weighted by Gasteiger charge is 2.16. The zero-order chi connectivity index (χ0) is 20.8. The summed E-state index contributed by atoms with van der Waals surface area (Å²) in [5.41, 5.74) is 1.17. The van der Waals surface area contributed by atoms with Crippen LogP contribution >= 0.6 is 11.8 Å². The standard InChI is InChI=1S/C19H19N3O6S/c1-25-14-8-12(9-15(26-2)17(14)27-3)20-16(24)10-29-19-22-21-18(28-19)11-4-6-13(23)7-5-11/h4-9,23H,10H2,1-3H3,(H,20,24). The van der Waals surface area contributed by atoms with E-state index in [1.165, 1.54) is 33.5 Å². The van der Waals surface area contributed by atoms with E-state index in [-0.39, 0.29) is 22.6 Å². The Balaban J connectivity index is 1.62. The minimum Gasteiger partial charge on any atom is -0.508 e. The first-order valence-corrected chi connectivity index (χ1v) is 9.38. The smallest absolute Gasteiger partial charge is 0.277 e. The van der Waals surface area contributed by atoms with E-state index in [4.69, 9.17) is 18.6 Å². The van der Waals surface area contributed by atoms with Crippen molar-refractivity contribution in [2.24, 2.45) is 0 Å². The van der Waals surface area contributed by atoms with E-state index in [2.05, 4.69) is 15.5 Å². The normalized spacial score (nSPS) is 10.4. The second-order valence-electron chi connectivity index (χ2n) is 5.67. The predicted octanol–water partition coefficient (Wildman–Crippen LogP) is 3.20. The highest BCUT2D eigenvalue weighted by Crippen LogP contribution is 2.40. The van der Waals surface area contributed by atoms with Gasteiger partial charge in [0.25, 0.3) is 5.22 Å². The molecule has 0 saturated heterocycles. The Hall–Kier alpha value is -3.40. The summed E-state index contributed by atoms with van der Waals surface area (Å²) in [6.45, 7) is 0. The topological polar surface area (TPSA) is 116 Å². The molecule has 3 rings (SSSR count). The number of hydrogen-bond donors (Lipinski definition) is 2. The first-order chi connectivity index (χ1) is 14.0. The second kappa shape index (κ2) is 9.20. The molecule has 1 heterocycles. The van der Waals surface area contributed by atoms with Gasteiger partial charge in [-0.1, -0.05) is 11.8 Å². The molecule has 0 aliphatic heterocycles. The van der Waals surface area contributed by atoms with Crippen LogP contribution in [0.5, 0.6) is 23.0 Å². The van der Waals surface area contributed by atoms with E-state index in [1.54, 1.807) is 24.3 Å². The van der Waals surface area contributed by atoms with Crippen molar-refractivity contribution in [3.63, 3.8) is 0 Å². The zero-order valence-corrected chi connectivity index (χ0v) is 16.8. The van der Waals surface area contributed by atoms with Crippen molar-refractivity contribution >= 4 is 23.4 Å². The molecule has 0 aliphatic rings. The van der Waals surface area contributed by atoms with Gasteiger partial charge >= 0.3 is 0 Å². The van der Waals surface area contributed by atoms with Gasteiger partial charge in [0, 0.05) is 23.4 Å². The highest BCUT2D eigenvalue weighted by atomic mass is 32.2. The number of carbonyl (C=O) groups is 1. The number of carbonyl (C=O) groups excluding carboxylic acids is 1. The quantitative estimate of drug-likeness (QED) is 0.533. The fourth-order valence-electron chi connectivity index (χ4n) is 2.47. The number of nitrogens with zero attached hydrogens (tertiary/aromatic N) is 2. The molecule has 1 aromatic heterocycles. The van der Waals surface area contributed by atoms with Gasteiger partial charge in [0.05, 0.1) is 27.1 Å². The van der Waals surface area contributed by atoms with Crippen molar-refractivity contribution in [2.45, 2.75) is 5.22 Å². The first-order valence-electron chi connectivity index (χ1n) is 8.39. The Morgan fingerprint density at radius 2 is 1.72 bits per heavy atom. The number of methoxy groups -OCH3 is 3. The monoisotopic (exact) mass is 417 g/mol. The lowest BCUT2D eigenvalue weighted by Crippen LogP contribution is -2.14. The number of hydrogen-bond acceptors (Lipinski definition) is 9. The zero-order valence-electron chi connectivity index (χ0n) is 16.0. The van der Waals surface area contributed by atoms with Gasteiger partial charge in [0.15, 0.2) is 11.5 Å². The van der Waals surface area contributed by atoms with Crippen LogP contribution < -0.4 is 19.5 Å². The molecule has 0 fully saturated rings. The third-order valence-electron chi connectivity index (χ3n) is 3.80. The van der Waals surface area contributed by atoms with Crippen LogP contribution in [-0.2, 0) is 4.79 Å². The minimum atomic E-state index is -0.270.